The Bertz CT molecular complexity index is 134. The van der Waals surface area contributed by atoms with E-state index in [0.29, 0.717) is 0 Å². The van der Waals surface area contributed by atoms with Crippen LogP contribution in [-0.2, 0) is 0 Å². The zero-order valence-corrected chi connectivity index (χ0v) is 10.1. The molecule has 0 rings (SSSR count). The fourth-order valence-electron chi connectivity index (χ4n) is 1.38. The third-order valence-electron chi connectivity index (χ3n) is 2.44. The van der Waals surface area contributed by atoms with E-state index in [4.69, 9.17) is 0 Å². The molecule has 0 bridgehead atoms. The van der Waals surface area contributed by atoms with Crippen LogP contribution in [-0.4, -0.2) is 33.6 Å². The smallest absolute Gasteiger partial charge is 0.0752 e. The van der Waals surface area contributed by atoms with Crippen LogP contribution in [0.4, 0.5) is 0 Å². The van der Waals surface area contributed by atoms with Crippen LogP contribution in [0.15, 0.2) is 12.3 Å². The predicted octanol–water partition coefficient (Wildman–Crippen LogP) is 2.76. The van der Waals surface area contributed by atoms with Crippen molar-refractivity contribution in [3.63, 3.8) is 0 Å². The first-order valence-corrected chi connectivity index (χ1v) is 7.81. The molecule has 0 aliphatic carbocycles. The van der Waals surface area contributed by atoms with Crippen molar-refractivity contribution in [1.29, 1.82) is 0 Å². The second kappa shape index (κ2) is 5.54. The average Bonchev–Trinajstić information content (AvgIpc) is 2.02. The zero-order valence-electron chi connectivity index (χ0n) is 9.06. The summed E-state index contributed by atoms with van der Waals surface area (Å²) in [5, 5.41) is 0. The summed E-state index contributed by atoms with van der Waals surface area (Å²) in [5.74, 6) is 0. The van der Waals surface area contributed by atoms with Crippen LogP contribution in [0.3, 0.4) is 0 Å². The van der Waals surface area contributed by atoms with E-state index in [-0.39, 0.29) is 0 Å². The van der Waals surface area contributed by atoms with Crippen LogP contribution in [0.5, 0.6) is 0 Å². The molecule has 0 spiro atoms. The Kier molecular flexibility index (Phi) is 5.50. The van der Waals surface area contributed by atoms with Gasteiger partial charge in [-0.25, -0.2) is 0 Å². The molecule has 0 aliphatic heterocycles. The van der Waals surface area contributed by atoms with E-state index in [1.54, 1.807) is 0 Å². The lowest BCUT2D eigenvalue weighted by molar-refractivity contribution is 0.431. The Balaban J connectivity index is 3.87. The monoisotopic (exact) mass is 185 g/mol. The van der Waals surface area contributed by atoms with Gasteiger partial charge in [0.05, 0.1) is 8.07 Å². The van der Waals surface area contributed by atoms with E-state index in [9.17, 15) is 0 Å². The van der Waals surface area contributed by atoms with Gasteiger partial charge in [0.2, 0.25) is 0 Å². The average molecular weight is 185 g/mol. The lowest BCUT2D eigenvalue weighted by Gasteiger charge is -2.24. The highest BCUT2D eigenvalue weighted by atomic mass is 28.3. The second-order valence-electron chi connectivity index (χ2n) is 4.16. The minimum absolute atomic E-state index is 1.06. The van der Waals surface area contributed by atoms with Crippen molar-refractivity contribution < 1.29 is 0 Å². The first kappa shape index (κ1) is 11.9. The summed E-state index contributed by atoms with van der Waals surface area (Å²) < 4.78 is 0. The predicted molar refractivity (Wildman–Crippen MR) is 60.3 cm³/mol. The maximum absolute atomic E-state index is 3.97. The van der Waals surface area contributed by atoms with Crippen molar-refractivity contribution >= 4 is 8.07 Å². The minimum Gasteiger partial charge on any atom is -0.310 e. The van der Waals surface area contributed by atoms with Gasteiger partial charge >= 0.3 is 0 Å². The molecule has 0 aliphatic rings. The summed E-state index contributed by atoms with van der Waals surface area (Å²) in [6.07, 6.45) is 1.31. The molecular weight excluding hydrogens is 162 g/mol. The van der Waals surface area contributed by atoms with Gasteiger partial charge in [0, 0.05) is 0 Å². The molecule has 1 unspecified atom stereocenters. The number of rotatable bonds is 6. The van der Waals surface area contributed by atoms with Crippen LogP contribution >= 0.6 is 0 Å². The molecule has 0 saturated heterocycles. The first-order valence-electron chi connectivity index (χ1n) is 4.82. The summed E-state index contributed by atoms with van der Waals surface area (Å²) in [6.45, 7) is 9.90. The highest BCUT2D eigenvalue weighted by molar-refractivity contribution is 6.83. The fourth-order valence-corrected chi connectivity index (χ4v) is 4.14. The molecule has 0 radical (unpaired) electrons. The maximum Gasteiger partial charge on any atom is 0.0752 e. The fraction of sp³-hybridized carbons (Fsp3) is 0.800. The Morgan fingerprint density at radius 1 is 1.33 bits per heavy atom. The normalized spacial score (nSPS) is 16.1. The Labute approximate surface area is 78.5 Å². The quantitative estimate of drug-likeness (QED) is 0.575. The molecule has 12 heavy (non-hydrogen) atoms. The van der Waals surface area contributed by atoms with Crippen molar-refractivity contribution in [3.8, 4) is 0 Å². The van der Waals surface area contributed by atoms with Gasteiger partial charge in [-0.05, 0) is 26.7 Å². The summed E-state index contributed by atoms with van der Waals surface area (Å²) in [4.78, 5) is 2.27. The molecule has 0 N–H and O–H groups in total. The maximum atomic E-state index is 3.97. The van der Waals surface area contributed by atoms with Crippen molar-refractivity contribution in [1.82, 2.24) is 4.90 Å². The first-order chi connectivity index (χ1) is 5.54. The van der Waals surface area contributed by atoms with Crippen molar-refractivity contribution in [3.05, 3.63) is 12.3 Å². The molecule has 0 saturated carbocycles. The van der Waals surface area contributed by atoms with E-state index in [2.05, 4.69) is 44.7 Å². The lowest BCUT2D eigenvalue weighted by Crippen LogP contribution is -2.31. The van der Waals surface area contributed by atoms with Crippen LogP contribution in [0, 0.1) is 0 Å². The van der Waals surface area contributed by atoms with Crippen molar-refractivity contribution in [2.45, 2.75) is 32.0 Å². The molecule has 1 atom stereocenters. The van der Waals surface area contributed by atoms with Gasteiger partial charge in [0.15, 0.2) is 0 Å². The summed E-state index contributed by atoms with van der Waals surface area (Å²) >= 11 is 0. The Morgan fingerprint density at radius 2 is 1.92 bits per heavy atom. The molecule has 0 aromatic carbocycles. The molecule has 1 nitrogen and oxygen atoms in total. The van der Waals surface area contributed by atoms with E-state index in [1.165, 1.54) is 25.1 Å². The van der Waals surface area contributed by atoms with Gasteiger partial charge in [0.1, 0.15) is 0 Å². The molecule has 0 heterocycles. The summed E-state index contributed by atoms with van der Waals surface area (Å²) in [7, 11) is 3.22. The minimum atomic E-state index is -1.06. The van der Waals surface area contributed by atoms with Crippen LogP contribution in [0.25, 0.3) is 0 Å². The highest BCUT2D eigenvalue weighted by Crippen LogP contribution is 2.18. The van der Waals surface area contributed by atoms with Gasteiger partial charge in [-0.2, -0.15) is 0 Å². The Hall–Kier alpha value is -0.0831. The van der Waals surface area contributed by atoms with Crippen molar-refractivity contribution in [2.75, 3.05) is 20.6 Å². The summed E-state index contributed by atoms with van der Waals surface area (Å²) in [6, 6.07) is 2.75. The largest absolute Gasteiger partial charge is 0.310 e. The molecule has 2 heteroatoms. The second-order valence-corrected chi connectivity index (χ2v) is 8.88. The molecule has 72 valence electrons. The van der Waals surface area contributed by atoms with Gasteiger partial charge in [-0.15, -0.1) is 12.3 Å². The highest BCUT2D eigenvalue weighted by Gasteiger charge is 2.21. The van der Waals surface area contributed by atoms with Crippen LogP contribution < -0.4 is 0 Å². The van der Waals surface area contributed by atoms with Crippen molar-refractivity contribution in [2.24, 2.45) is 0 Å². The van der Waals surface area contributed by atoms with Gasteiger partial charge < -0.3 is 4.90 Å². The molecule has 0 fully saturated rings. The van der Waals surface area contributed by atoms with E-state index >= 15 is 0 Å². The number of nitrogens with zero attached hydrogens (tertiary/aromatic N) is 1. The summed E-state index contributed by atoms with van der Waals surface area (Å²) in [5.41, 5.74) is 2.25. The van der Waals surface area contributed by atoms with Gasteiger partial charge in [-0.3, -0.25) is 0 Å². The van der Waals surface area contributed by atoms with E-state index in [1.807, 2.05) is 0 Å². The molecular formula is C10H23NSi. The molecule has 0 aromatic rings. The molecule has 0 amide bonds. The number of hydrogen-bond acceptors (Lipinski definition) is 1. The topological polar surface area (TPSA) is 3.24 Å². The SMILES string of the molecule is C=C[Si](C)(CCC)CCN(C)C. The van der Waals surface area contributed by atoms with Gasteiger partial charge in [-0.1, -0.05) is 25.9 Å². The number of hydrogen-bond donors (Lipinski definition) is 0. The Morgan fingerprint density at radius 3 is 2.25 bits per heavy atom. The van der Waals surface area contributed by atoms with Gasteiger partial charge in [0.25, 0.3) is 0 Å². The zero-order chi connectivity index (χ0) is 9.61. The molecule has 0 aromatic heterocycles. The standard InChI is InChI=1S/C10H23NSi/c1-6-9-12(5,7-2)10-8-11(3)4/h7H,2,6,8-10H2,1,3-5H3. The lowest BCUT2D eigenvalue weighted by atomic mass is 10.6. The van der Waals surface area contributed by atoms with Crippen LogP contribution in [0.1, 0.15) is 13.3 Å². The van der Waals surface area contributed by atoms with E-state index in [0.717, 1.165) is 0 Å². The third-order valence-corrected chi connectivity index (χ3v) is 6.44. The van der Waals surface area contributed by atoms with Crippen LogP contribution in [0.2, 0.25) is 18.6 Å². The van der Waals surface area contributed by atoms with E-state index < -0.39 is 8.07 Å². The third kappa shape index (κ3) is 4.73.